The Balaban J connectivity index is 0.00000529. The minimum atomic E-state index is 0. The minimum absolute atomic E-state index is 0. The highest BCUT2D eigenvalue weighted by Gasteiger charge is 2.10. The van der Waals surface area contributed by atoms with E-state index in [2.05, 4.69) is 67.6 Å². The Labute approximate surface area is 164 Å². The second kappa shape index (κ2) is 13.4. The van der Waals surface area contributed by atoms with Gasteiger partial charge < -0.3 is 15.4 Å². The van der Waals surface area contributed by atoms with Crippen LogP contribution in [0.3, 0.4) is 0 Å². The van der Waals surface area contributed by atoms with Gasteiger partial charge in [0.05, 0.1) is 13.2 Å². The summed E-state index contributed by atoms with van der Waals surface area (Å²) >= 11 is 0. The van der Waals surface area contributed by atoms with Gasteiger partial charge in [-0.1, -0.05) is 30.3 Å². The van der Waals surface area contributed by atoms with E-state index >= 15 is 0 Å². The molecular weight excluding hydrogens is 415 g/mol. The Kier molecular flexibility index (Phi) is 13.0. The molecule has 5 nitrogen and oxygen atoms in total. The first-order valence-electron chi connectivity index (χ1n) is 8.34. The molecule has 0 heterocycles. The molecule has 1 aromatic carbocycles. The summed E-state index contributed by atoms with van der Waals surface area (Å²) in [4.78, 5) is 7.02. The van der Waals surface area contributed by atoms with Crippen molar-refractivity contribution in [3.8, 4) is 0 Å². The summed E-state index contributed by atoms with van der Waals surface area (Å²) in [5.41, 5.74) is 1.32. The van der Waals surface area contributed by atoms with Gasteiger partial charge in [-0.3, -0.25) is 9.89 Å². The summed E-state index contributed by atoms with van der Waals surface area (Å²) < 4.78 is 5.16. The standard InChI is InChI=1S/C18H32N4O.HI/c1-6-19-18(21-15(2)14-23-5)20-12-16(3)22(4)13-17-10-8-7-9-11-17;/h7-11,15-16H,6,12-14H2,1-5H3,(H2,19,20,21);1H. The summed E-state index contributed by atoms with van der Waals surface area (Å²) in [7, 11) is 3.85. The fourth-order valence-corrected chi connectivity index (χ4v) is 2.24. The zero-order valence-electron chi connectivity index (χ0n) is 15.6. The minimum Gasteiger partial charge on any atom is -0.383 e. The summed E-state index contributed by atoms with van der Waals surface area (Å²) in [5, 5.41) is 6.64. The van der Waals surface area contributed by atoms with Gasteiger partial charge in [-0.2, -0.15) is 0 Å². The molecule has 0 fully saturated rings. The maximum absolute atomic E-state index is 5.16. The van der Waals surface area contributed by atoms with Crippen LogP contribution in [0.1, 0.15) is 26.3 Å². The highest BCUT2D eigenvalue weighted by molar-refractivity contribution is 14.0. The Bertz CT molecular complexity index is 456. The molecule has 6 heteroatoms. The third kappa shape index (κ3) is 9.44. The number of hydrogen-bond acceptors (Lipinski definition) is 3. The van der Waals surface area contributed by atoms with Crippen LogP contribution in [0, 0.1) is 0 Å². The SMILES string of the molecule is CCNC(=NCC(C)N(C)Cc1ccccc1)NC(C)COC.I. The first-order valence-corrected chi connectivity index (χ1v) is 8.34. The van der Waals surface area contributed by atoms with Crippen LogP contribution in [0.25, 0.3) is 0 Å². The van der Waals surface area contributed by atoms with Gasteiger partial charge in [0.2, 0.25) is 0 Å². The molecule has 0 saturated carbocycles. The topological polar surface area (TPSA) is 48.9 Å². The Hall–Kier alpha value is -0.860. The number of hydrogen-bond donors (Lipinski definition) is 2. The molecule has 2 unspecified atom stereocenters. The number of ether oxygens (including phenoxy) is 1. The lowest BCUT2D eigenvalue weighted by atomic mass is 10.2. The zero-order chi connectivity index (χ0) is 17.1. The fraction of sp³-hybridized carbons (Fsp3) is 0.611. The maximum Gasteiger partial charge on any atom is 0.191 e. The van der Waals surface area contributed by atoms with E-state index in [4.69, 9.17) is 9.73 Å². The fourth-order valence-electron chi connectivity index (χ4n) is 2.24. The number of rotatable bonds is 9. The summed E-state index contributed by atoms with van der Waals surface area (Å²) in [6.45, 7) is 9.55. The molecule has 0 saturated heterocycles. The number of nitrogens with one attached hydrogen (secondary N) is 2. The first-order chi connectivity index (χ1) is 11.1. The Morgan fingerprint density at radius 2 is 1.92 bits per heavy atom. The molecule has 1 rings (SSSR count). The van der Waals surface area contributed by atoms with Crippen molar-refractivity contribution < 1.29 is 4.74 Å². The van der Waals surface area contributed by atoms with Crippen LogP contribution < -0.4 is 10.6 Å². The summed E-state index contributed by atoms with van der Waals surface area (Å²) in [6, 6.07) is 11.1. The predicted molar refractivity (Wildman–Crippen MR) is 113 cm³/mol. The van der Waals surface area contributed by atoms with Crippen LogP contribution in [0.2, 0.25) is 0 Å². The van der Waals surface area contributed by atoms with E-state index in [0.717, 1.165) is 25.6 Å². The second-order valence-electron chi connectivity index (χ2n) is 5.97. The quantitative estimate of drug-likeness (QED) is 0.347. The van der Waals surface area contributed by atoms with Gasteiger partial charge in [-0.25, -0.2) is 0 Å². The van der Waals surface area contributed by atoms with Crippen molar-refractivity contribution in [3.05, 3.63) is 35.9 Å². The largest absolute Gasteiger partial charge is 0.383 e. The average molecular weight is 448 g/mol. The zero-order valence-corrected chi connectivity index (χ0v) is 17.9. The van der Waals surface area contributed by atoms with Gasteiger partial charge >= 0.3 is 0 Å². The molecule has 2 atom stereocenters. The van der Waals surface area contributed by atoms with E-state index in [1.54, 1.807) is 7.11 Å². The molecule has 24 heavy (non-hydrogen) atoms. The van der Waals surface area contributed by atoms with E-state index in [0.29, 0.717) is 12.6 Å². The van der Waals surface area contributed by atoms with Gasteiger partial charge in [0, 0.05) is 32.3 Å². The van der Waals surface area contributed by atoms with E-state index < -0.39 is 0 Å². The van der Waals surface area contributed by atoms with Crippen LogP contribution in [0.15, 0.2) is 35.3 Å². The van der Waals surface area contributed by atoms with Gasteiger partial charge in [0.1, 0.15) is 0 Å². The van der Waals surface area contributed by atoms with Crippen molar-refractivity contribution in [1.29, 1.82) is 0 Å². The summed E-state index contributed by atoms with van der Waals surface area (Å²) in [5.74, 6) is 0.844. The number of guanidine groups is 1. The Morgan fingerprint density at radius 1 is 1.25 bits per heavy atom. The van der Waals surface area contributed by atoms with Crippen molar-refractivity contribution in [3.63, 3.8) is 0 Å². The molecule has 138 valence electrons. The second-order valence-corrected chi connectivity index (χ2v) is 5.97. The lowest BCUT2D eigenvalue weighted by Gasteiger charge is -2.24. The molecular formula is C18H33IN4O. The highest BCUT2D eigenvalue weighted by Crippen LogP contribution is 2.06. The number of likely N-dealkylation sites (N-methyl/N-ethyl adjacent to an activating group) is 1. The molecule has 0 spiro atoms. The van der Waals surface area contributed by atoms with Crippen molar-refractivity contribution in [2.24, 2.45) is 4.99 Å². The highest BCUT2D eigenvalue weighted by atomic mass is 127. The molecule has 0 aliphatic heterocycles. The third-order valence-electron chi connectivity index (χ3n) is 3.68. The van der Waals surface area contributed by atoms with Gasteiger partial charge in [-0.05, 0) is 33.4 Å². The lowest BCUT2D eigenvalue weighted by Crippen LogP contribution is -2.44. The van der Waals surface area contributed by atoms with Gasteiger partial charge in [0.15, 0.2) is 5.96 Å². The molecule has 0 amide bonds. The average Bonchev–Trinajstić information content (AvgIpc) is 2.53. The predicted octanol–water partition coefficient (Wildman–Crippen LogP) is 2.71. The van der Waals surface area contributed by atoms with Crippen LogP contribution in [-0.4, -0.2) is 56.8 Å². The van der Waals surface area contributed by atoms with Crippen molar-refractivity contribution in [2.45, 2.75) is 39.4 Å². The van der Waals surface area contributed by atoms with Crippen LogP contribution >= 0.6 is 24.0 Å². The first kappa shape index (κ1) is 23.1. The van der Waals surface area contributed by atoms with Crippen LogP contribution in [0.5, 0.6) is 0 Å². The molecule has 0 aliphatic rings. The van der Waals surface area contributed by atoms with E-state index in [1.807, 2.05) is 6.07 Å². The van der Waals surface area contributed by atoms with Crippen molar-refractivity contribution in [2.75, 3.05) is 33.9 Å². The monoisotopic (exact) mass is 448 g/mol. The number of benzene rings is 1. The van der Waals surface area contributed by atoms with E-state index in [9.17, 15) is 0 Å². The van der Waals surface area contributed by atoms with Gasteiger partial charge in [-0.15, -0.1) is 24.0 Å². The van der Waals surface area contributed by atoms with Crippen molar-refractivity contribution >= 4 is 29.9 Å². The van der Waals surface area contributed by atoms with Crippen LogP contribution in [-0.2, 0) is 11.3 Å². The number of aliphatic imine (C=N–C) groups is 1. The van der Waals surface area contributed by atoms with Crippen molar-refractivity contribution in [1.82, 2.24) is 15.5 Å². The number of methoxy groups -OCH3 is 1. The molecule has 0 aromatic heterocycles. The van der Waals surface area contributed by atoms with E-state index in [-0.39, 0.29) is 30.0 Å². The molecule has 1 aromatic rings. The molecule has 0 bridgehead atoms. The van der Waals surface area contributed by atoms with Crippen LogP contribution in [0.4, 0.5) is 0 Å². The smallest absolute Gasteiger partial charge is 0.191 e. The number of halogens is 1. The molecule has 0 aliphatic carbocycles. The third-order valence-corrected chi connectivity index (χ3v) is 3.68. The number of nitrogens with zero attached hydrogens (tertiary/aromatic N) is 2. The molecule has 2 N–H and O–H groups in total. The molecule has 0 radical (unpaired) electrons. The maximum atomic E-state index is 5.16. The normalized spacial score (nSPS) is 14.0. The summed E-state index contributed by atoms with van der Waals surface area (Å²) in [6.07, 6.45) is 0. The lowest BCUT2D eigenvalue weighted by molar-refractivity contribution is 0.179. The van der Waals surface area contributed by atoms with Gasteiger partial charge in [0.25, 0.3) is 0 Å². The Morgan fingerprint density at radius 3 is 2.50 bits per heavy atom. The van der Waals surface area contributed by atoms with E-state index in [1.165, 1.54) is 5.56 Å².